The van der Waals surface area contributed by atoms with Gasteiger partial charge in [-0.15, -0.1) is 0 Å². The van der Waals surface area contributed by atoms with Crippen LogP contribution in [0.5, 0.6) is 17.2 Å². The normalized spacial score (nSPS) is 19.5. The summed E-state index contributed by atoms with van der Waals surface area (Å²) in [5.41, 5.74) is 2.52. The standard InChI is InChI=1S/C31H27ClN2O6S/c1-4-38-23-11-6-17(14-24(23)39-5-2)27-26(28(35)18-7-10-22-19(13-18)12-16(3)40-22)29(36)30(37)34(27)31-33-21-9-8-20(32)15-25(21)41-31/h6-11,13-16,27,35H,4-5,12H2,1-3H3/t16-,27-/m0/s1. The first-order valence-electron chi connectivity index (χ1n) is 13.4. The van der Waals surface area contributed by atoms with Crippen LogP contribution in [0.1, 0.15) is 43.5 Å². The zero-order valence-electron chi connectivity index (χ0n) is 22.6. The molecule has 0 unspecified atom stereocenters. The molecule has 2 atom stereocenters. The Labute approximate surface area is 245 Å². The number of nitrogens with zero attached hydrogens (tertiary/aromatic N) is 2. The molecule has 1 amide bonds. The van der Waals surface area contributed by atoms with Gasteiger partial charge in [0.1, 0.15) is 17.6 Å². The Morgan fingerprint density at radius 3 is 2.63 bits per heavy atom. The fourth-order valence-corrected chi connectivity index (χ4v) is 6.57. The highest BCUT2D eigenvalue weighted by Crippen LogP contribution is 2.46. The van der Waals surface area contributed by atoms with Crippen LogP contribution in [0.3, 0.4) is 0 Å². The van der Waals surface area contributed by atoms with Crippen molar-refractivity contribution in [1.82, 2.24) is 4.98 Å². The van der Waals surface area contributed by atoms with Gasteiger partial charge in [0.15, 0.2) is 16.6 Å². The first-order chi connectivity index (χ1) is 19.8. The van der Waals surface area contributed by atoms with Crippen LogP contribution >= 0.6 is 22.9 Å². The lowest BCUT2D eigenvalue weighted by atomic mass is 9.94. The van der Waals surface area contributed by atoms with Crippen LogP contribution in [0.15, 0.2) is 60.2 Å². The maximum Gasteiger partial charge on any atom is 0.301 e. The van der Waals surface area contributed by atoms with Crippen molar-refractivity contribution in [2.75, 3.05) is 18.1 Å². The van der Waals surface area contributed by atoms with Crippen molar-refractivity contribution in [3.8, 4) is 17.2 Å². The van der Waals surface area contributed by atoms with Crippen LogP contribution in [-0.4, -0.2) is 41.1 Å². The number of aliphatic hydroxyl groups is 1. The molecule has 2 aliphatic heterocycles. The minimum absolute atomic E-state index is 0.0151. The number of rotatable bonds is 7. The molecule has 2 aliphatic rings. The van der Waals surface area contributed by atoms with E-state index in [1.54, 1.807) is 48.5 Å². The molecular weight excluding hydrogens is 564 g/mol. The summed E-state index contributed by atoms with van der Waals surface area (Å²) in [5, 5.41) is 12.5. The van der Waals surface area contributed by atoms with Gasteiger partial charge in [-0.25, -0.2) is 4.98 Å². The summed E-state index contributed by atoms with van der Waals surface area (Å²) < 4.78 is 18.2. The Hall–Kier alpha value is -4.08. The van der Waals surface area contributed by atoms with Gasteiger partial charge in [-0.05, 0) is 80.4 Å². The molecule has 0 spiro atoms. The maximum absolute atomic E-state index is 13.7. The van der Waals surface area contributed by atoms with Gasteiger partial charge in [-0.1, -0.05) is 29.0 Å². The van der Waals surface area contributed by atoms with E-state index in [-0.39, 0.29) is 17.4 Å². The molecule has 4 aromatic rings. The van der Waals surface area contributed by atoms with Crippen molar-refractivity contribution in [3.63, 3.8) is 0 Å². The summed E-state index contributed by atoms with van der Waals surface area (Å²) in [6.07, 6.45) is 0.695. The molecule has 3 heterocycles. The van der Waals surface area contributed by atoms with Gasteiger partial charge in [0.25, 0.3) is 5.78 Å². The number of aliphatic hydroxyl groups excluding tert-OH is 1. The minimum atomic E-state index is -0.968. The second-order valence-corrected chi connectivity index (χ2v) is 11.3. The average Bonchev–Trinajstić information content (AvgIpc) is 3.61. The number of benzene rings is 3. The highest BCUT2D eigenvalue weighted by molar-refractivity contribution is 7.22. The van der Waals surface area contributed by atoms with Crippen LogP contribution < -0.4 is 19.1 Å². The summed E-state index contributed by atoms with van der Waals surface area (Å²) in [5.74, 6) is -0.107. The molecule has 3 aromatic carbocycles. The lowest BCUT2D eigenvalue weighted by molar-refractivity contribution is -0.132. The van der Waals surface area contributed by atoms with E-state index in [9.17, 15) is 14.7 Å². The lowest BCUT2D eigenvalue weighted by Crippen LogP contribution is -2.29. The number of fused-ring (bicyclic) bond motifs is 2. The van der Waals surface area contributed by atoms with Crippen LogP contribution in [-0.2, 0) is 16.0 Å². The molecule has 1 fully saturated rings. The van der Waals surface area contributed by atoms with Gasteiger partial charge in [0, 0.05) is 17.0 Å². The molecule has 41 heavy (non-hydrogen) atoms. The highest BCUT2D eigenvalue weighted by atomic mass is 35.5. The number of carbonyl (C=O) groups is 2. The number of thiazole rings is 1. The Kier molecular flexibility index (Phi) is 7.09. The third-order valence-corrected chi connectivity index (χ3v) is 8.29. The molecule has 0 radical (unpaired) electrons. The second kappa shape index (κ2) is 10.7. The van der Waals surface area contributed by atoms with Crippen molar-refractivity contribution in [3.05, 3.63) is 81.9 Å². The van der Waals surface area contributed by atoms with E-state index in [2.05, 4.69) is 4.98 Å². The smallest absolute Gasteiger partial charge is 0.301 e. The number of ether oxygens (including phenoxy) is 3. The summed E-state index contributed by atoms with van der Waals surface area (Å²) in [6, 6.07) is 14.8. The molecule has 8 nitrogen and oxygen atoms in total. The maximum atomic E-state index is 13.7. The Morgan fingerprint density at radius 2 is 1.85 bits per heavy atom. The van der Waals surface area contributed by atoms with Crippen LogP contribution in [0.25, 0.3) is 16.0 Å². The number of halogens is 1. The van der Waals surface area contributed by atoms with Crippen LogP contribution in [0.2, 0.25) is 5.02 Å². The number of anilines is 1. The van der Waals surface area contributed by atoms with Gasteiger partial charge in [-0.3, -0.25) is 14.5 Å². The van der Waals surface area contributed by atoms with E-state index < -0.39 is 17.7 Å². The Balaban J connectivity index is 1.55. The number of amides is 1. The number of hydrogen-bond acceptors (Lipinski definition) is 8. The molecule has 10 heteroatoms. The SMILES string of the molecule is CCOc1ccc([C@H]2C(=C(O)c3ccc4c(c3)C[C@H](C)O4)C(=O)C(=O)N2c2nc3ccc(Cl)cc3s2)cc1OCC. The third-order valence-electron chi connectivity index (χ3n) is 7.04. The third kappa shape index (κ3) is 4.79. The van der Waals surface area contributed by atoms with E-state index >= 15 is 0 Å². The monoisotopic (exact) mass is 590 g/mol. The van der Waals surface area contributed by atoms with Gasteiger partial charge >= 0.3 is 5.91 Å². The van der Waals surface area contributed by atoms with Crippen molar-refractivity contribution in [1.29, 1.82) is 0 Å². The summed E-state index contributed by atoms with van der Waals surface area (Å²) in [4.78, 5) is 33.4. The number of aromatic nitrogens is 1. The molecule has 1 aromatic heterocycles. The van der Waals surface area contributed by atoms with E-state index in [1.807, 2.05) is 26.8 Å². The lowest BCUT2D eigenvalue weighted by Gasteiger charge is -2.24. The molecule has 0 bridgehead atoms. The molecule has 6 rings (SSSR count). The molecule has 1 saturated heterocycles. The average molecular weight is 591 g/mol. The summed E-state index contributed by atoms with van der Waals surface area (Å²) >= 11 is 7.45. The van der Waals surface area contributed by atoms with Gasteiger partial charge in [0.2, 0.25) is 0 Å². The van der Waals surface area contributed by atoms with Crippen molar-refractivity contribution >= 4 is 55.7 Å². The van der Waals surface area contributed by atoms with Gasteiger partial charge < -0.3 is 19.3 Å². The van der Waals surface area contributed by atoms with Crippen LogP contribution in [0.4, 0.5) is 5.13 Å². The van der Waals surface area contributed by atoms with Gasteiger partial charge in [0.05, 0.1) is 35.0 Å². The molecule has 0 saturated carbocycles. The van der Waals surface area contributed by atoms with Crippen molar-refractivity contribution in [2.24, 2.45) is 0 Å². The first kappa shape index (κ1) is 27.1. The van der Waals surface area contributed by atoms with Crippen molar-refractivity contribution in [2.45, 2.75) is 39.3 Å². The molecule has 210 valence electrons. The fraction of sp³-hybridized carbons (Fsp3) is 0.258. The van der Waals surface area contributed by atoms with Crippen molar-refractivity contribution < 1.29 is 28.9 Å². The number of carbonyl (C=O) groups excluding carboxylic acids is 2. The van der Waals surface area contributed by atoms with E-state index in [4.69, 9.17) is 25.8 Å². The van der Waals surface area contributed by atoms with E-state index in [0.29, 0.717) is 57.9 Å². The zero-order valence-corrected chi connectivity index (χ0v) is 24.2. The molecule has 0 aliphatic carbocycles. The largest absolute Gasteiger partial charge is 0.507 e. The van der Waals surface area contributed by atoms with E-state index in [1.165, 1.54) is 16.2 Å². The summed E-state index contributed by atoms with van der Waals surface area (Å²) in [6.45, 7) is 6.53. The fourth-order valence-electron chi connectivity index (χ4n) is 5.30. The Bertz CT molecular complexity index is 1730. The van der Waals surface area contributed by atoms with E-state index in [0.717, 1.165) is 16.0 Å². The molecular formula is C31H27ClN2O6S. The minimum Gasteiger partial charge on any atom is -0.507 e. The number of Topliss-reactive ketones (excluding diaryl/α,β-unsaturated/α-hetero) is 1. The van der Waals surface area contributed by atoms with Crippen LogP contribution in [0, 0.1) is 0 Å². The van der Waals surface area contributed by atoms with Gasteiger partial charge in [-0.2, -0.15) is 0 Å². The summed E-state index contributed by atoms with van der Waals surface area (Å²) in [7, 11) is 0. The Morgan fingerprint density at radius 1 is 1.07 bits per heavy atom. The zero-order chi connectivity index (χ0) is 28.8. The highest BCUT2D eigenvalue weighted by Gasteiger charge is 2.48. The predicted octanol–water partition coefficient (Wildman–Crippen LogP) is 6.70. The molecule has 1 N–H and O–H groups in total. The first-order valence-corrected chi connectivity index (χ1v) is 14.5. The number of hydrogen-bond donors (Lipinski definition) is 1. The number of ketones is 1. The second-order valence-electron chi connectivity index (χ2n) is 9.80. The predicted molar refractivity (Wildman–Crippen MR) is 158 cm³/mol. The quantitative estimate of drug-likeness (QED) is 0.145. The topological polar surface area (TPSA) is 98.2 Å².